The molecule has 1 fully saturated rings. The number of benzene rings is 1. The number of piperidine rings is 1. The molecule has 1 atom stereocenters. The lowest BCUT2D eigenvalue weighted by Crippen LogP contribution is -2.43. The number of esters is 1. The highest BCUT2D eigenvalue weighted by atomic mass is 19.1. The maximum Gasteiger partial charge on any atom is 0.338 e. The van der Waals surface area contributed by atoms with Crippen LogP contribution in [-0.2, 0) is 11.3 Å². The zero-order valence-electron chi connectivity index (χ0n) is 12.6. The highest BCUT2D eigenvalue weighted by Gasteiger charge is 2.30. The Bertz CT molecular complexity index is 520. The minimum atomic E-state index is -0.522. The molecular weight excluding hydrogens is 273 g/mol. The Balaban J connectivity index is 2.17. The van der Waals surface area contributed by atoms with Crippen LogP contribution in [0.15, 0.2) is 18.2 Å². The van der Waals surface area contributed by atoms with Gasteiger partial charge in [-0.15, -0.1) is 0 Å². The number of aliphatic hydroxyl groups is 1. The third-order valence-corrected chi connectivity index (χ3v) is 4.11. The summed E-state index contributed by atoms with van der Waals surface area (Å²) in [6.07, 6.45) is 2.00. The first-order valence-electron chi connectivity index (χ1n) is 7.17. The zero-order chi connectivity index (χ0) is 15.5. The molecule has 1 saturated heterocycles. The molecular formula is C16H22FNO3. The first-order chi connectivity index (χ1) is 9.97. The zero-order valence-corrected chi connectivity index (χ0v) is 12.6. The number of aliphatic hydroxyl groups excluding tert-OH is 1. The van der Waals surface area contributed by atoms with Gasteiger partial charge in [0, 0.05) is 25.1 Å². The Labute approximate surface area is 124 Å². The fourth-order valence-electron chi connectivity index (χ4n) is 2.92. The second-order valence-corrected chi connectivity index (χ2v) is 6.08. The molecule has 1 heterocycles. The highest BCUT2D eigenvalue weighted by molar-refractivity contribution is 5.91. The smallest absolute Gasteiger partial charge is 0.338 e. The van der Waals surface area contributed by atoms with Crippen molar-refractivity contribution in [2.75, 3.05) is 26.8 Å². The lowest BCUT2D eigenvalue weighted by Gasteiger charge is -2.39. The minimum absolute atomic E-state index is 0.107. The molecule has 0 bridgehead atoms. The van der Waals surface area contributed by atoms with Gasteiger partial charge in [-0.05, 0) is 37.1 Å². The Morgan fingerprint density at radius 3 is 2.95 bits per heavy atom. The minimum Gasteiger partial charge on any atom is -0.465 e. The van der Waals surface area contributed by atoms with E-state index in [1.54, 1.807) is 6.07 Å². The van der Waals surface area contributed by atoms with Crippen molar-refractivity contribution in [3.63, 3.8) is 0 Å². The molecule has 0 amide bonds. The Morgan fingerprint density at radius 1 is 1.52 bits per heavy atom. The summed E-state index contributed by atoms with van der Waals surface area (Å²) < 4.78 is 18.1. The molecule has 0 aliphatic carbocycles. The molecule has 1 aromatic carbocycles. The Kier molecular flexibility index (Phi) is 4.96. The van der Waals surface area contributed by atoms with Gasteiger partial charge in [0.05, 0.1) is 12.7 Å². The average Bonchev–Trinajstić information content (AvgIpc) is 2.48. The van der Waals surface area contributed by atoms with Gasteiger partial charge in [-0.2, -0.15) is 0 Å². The van der Waals surface area contributed by atoms with Crippen molar-refractivity contribution in [2.45, 2.75) is 26.3 Å². The molecule has 1 N–H and O–H groups in total. The monoisotopic (exact) mass is 295 g/mol. The van der Waals surface area contributed by atoms with E-state index < -0.39 is 11.8 Å². The Hall–Kier alpha value is -1.46. The van der Waals surface area contributed by atoms with E-state index in [1.165, 1.54) is 19.2 Å². The van der Waals surface area contributed by atoms with Gasteiger partial charge >= 0.3 is 5.97 Å². The Morgan fingerprint density at radius 2 is 2.29 bits per heavy atom. The summed E-state index contributed by atoms with van der Waals surface area (Å²) in [7, 11) is 1.29. The molecule has 21 heavy (non-hydrogen) atoms. The molecule has 0 spiro atoms. The van der Waals surface area contributed by atoms with Gasteiger partial charge < -0.3 is 9.84 Å². The van der Waals surface area contributed by atoms with Crippen LogP contribution in [0.4, 0.5) is 4.39 Å². The van der Waals surface area contributed by atoms with E-state index >= 15 is 0 Å². The summed E-state index contributed by atoms with van der Waals surface area (Å²) in [4.78, 5) is 14.0. The van der Waals surface area contributed by atoms with Gasteiger partial charge in [0.1, 0.15) is 5.82 Å². The van der Waals surface area contributed by atoms with Gasteiger partial charge in [-0.3, -0.25) is 4.90 Å². The van der Waals surface area contributed by atoms with Crippen LogP contribution in [0, 0.1) is 11.2 Å². The van der Waals surface area contributed by atoms with Crippen LogP contribution >= 0.6 is 0 Å². The number of methoxy groups -OCH3 is 1. The molecule has 1 unspecified atom stereocenters. The lowest BCUT2D eigenvalue weighted by molar-refractivity contribution is 0.0422. The van der Waals surface area contributed by atoms with Crippen molar-refractivity contribution in [3.05, 3.63) is 35.1 Å². The second kappa shape index (κ2) is 6.54. The van der Waals surface area contributed by atoms with Crippen LogP contribution in [0.25, 0.3) is 0 Å². The van der Waals surface area contributed by atoms with Crippen LogP contribution in [0.3, 0.4) is 0 Å². The lowest BCUT2D eigenvalue weighted by atomic mass is 9.82. The first kappa shape index (κ1) is 15.9. The fraction of sp³-hybridized carbons (Fsp3) is 0.562. The van der Waals surface area contributed by atoms with Gasteiger partial charge in [-0.1, -0.05) is 13.0 Å². The quantitative estimate of drug-likeness (QED) is 0.865. The van der Waals surface area contributed by atoms with Crippen LogP contribution in [-0.4, -0.2) is 42.8 Å². The SMILES string of the molecule is COC(=O)c1cc(F)ccc1CN1CCCC(C)(CO)C1. The van der Waals surface area contributed by atoms with Crippen molar-refractivity contribution in [1.29, 1.82) is 0 Å². The van der Waals surface area contributed by atoms with E-state index in [0.717, 1.165) is 31.5 Å². The van der Waals surface area contributed by atoms with E-state index in [2.05, 4.69) is 11.8 Å². The van der Waals surface area contributed by atoms with E-state index in [9.17, 15) is 14.3 Å². The van der Waals surface area contributed by atoms with E-state index in [4.69, 9.17) is 4.74 Å². The largest absolute Gasteiger partial charge is 0.465 e. The summed E-state index contributed by atoms with van der Waals surface area (Å²) in [6.45, 7) is 4.44. The second-order valence-electron chi connectivity index (χ2n) is 6.08. The fourth-order valence-corrected chi connectivity index (χ4v) is 2.92. The molecule has 2 rings (SSSR count). The van der Waals surface area contributed by atoms with Crippen LogP contribution in [0.5, 0.6) is 0 Å². The summed E-state index contributed by atoms with van der Waals surface area (Å²) >= 11 is 0. The average molecular weight is 295 g/mol. The normalized spacial score (nSPS) is 23.0. The molecule has 1 aromatic rings. The molecule has 1 aliphatic heterocycles. The summed E-state index contributed by atoms with van der Waals surface area (Å²) in [5.74, 6) is -0.968. The third-order valence-electron chi connectivity index (χ3n) is 4.11. The number of hydrogen-bond acceptors (Lipinski definition) is 4. The molecule has 0 radical (unpaired) electrons. The van der Waals surface area contributed by atoms with Gasteiger partial charge in [0.15, 0.2) is 0 Å². The third kappa shape index (κ3) is 3.80. The standard InChI is InChI=1S/C16H22FNO3/c1-16(11-19)6-3-7-18(10-16)9-12-4-5-13(17)8-14(12)15(20)21-2/h4-5,8,19H,3,6-7,9-11H2,1-2H3. The summed E-state index contributed by atoms with van der Waals surface area (Å²) in [6, 6.07) is 4.21. The number of halogens is 1. The number of ether oxygens (including phenoxy) is 1. The van der Waals surface area contributed by atoms with E-state index in [-0.39, 0.29) is 17.6 Å². The first-order valence-corrected chi connectivity index (χ1v) is 7.17. The van der Waals surface area contributed by atoms with Gasteiger partial charge in [0.25, 0.3) is 0 Å². The maximum absolute atomic E-state index is 13.3. The van der Waals surface area contributed by atoms with Crippen molar-refractivity contribution >= 4 is 5.97 Å². The summed E-state index contributed by atoms with van der Waals surface area (Å²) in [5, 5.41) is 9.50. The van der Waals surface area contributed by atoms with Crippen LogP contribution < -0.4 is 0 Å². The molecule has 5 heteroatoms. The number of carbonyl (C=O) groups is 1. The maximum atomic E-state index is 13.3. The van der Waals surface area contributed by atoms with Gasteiger partial charge in [-0.25, -0.2) is 9.18 Å². The molecule has 116 valence electrons. The van der Waals surface area contributed by atoms with Crippen molar-refractivity contribution in [1.82, 2.24) is 4.90 Å². The van der Waals surface area contributed by atoms with Crippen molar-refractivity contribution in [2.24, 2.45) is 5.41 Å². The predicted molar refractivity (Wildman–Crippen MR) is 77.4 cm³/mol. The summed E-state index contributed by atoms with van der Waals surface area (Å²) in [5.41, 5.74) is 0.920. The van der Waals surface area contributed by atoms with Crippen LogP contribution in [0.2, 0.25) is 0 Å². The molecule has 1 aliphatic rings. The van der Waals surface area contributed by atoms with E-state index in [1.807, 2.05) is 0 Å². The number of hydrogen-bond donors (Lipinski definition) is 1. The molecule has 0 aromatic heterocycles. The van der Waals surface area contributed by atoms with Crippen LogP contribution in [0.1, 0.15) is 35.7 Å². The molecule has 0 saturated carbocycles. The molecule has 4 nitrogen and oxygen atoms in total. The number of rotatable bonds is 4. The predicted octanol–water partition coefficient (Wildman–Crippen LogP) is 2.21. The van der Waals surface area contributed by atoms with Crippen molar-refractivity contribution < 1.29 is 19.0 Å². The highest BCUT2D eigenvalue weighted by Crippen LogP contribution is 2.30. The van der Waals surface area contributed by atoms with E-state index in [0.29, 0.717) is 6.54 Å². The number of carbonyl (C=O) groups excluding carboxylic acids is 1. The number of nitrogens with zero attached hydrogens (tertiary/aromatic N) is 1. The van der Waals surface area contributed by atoms with Crippen molar-refractivity contribution in [3.8, 4) is 0 Å². The van der Waals surface area contributed by atoms with Gasteiger partial charge in [0.2, 0.25) is 0 Å². The topological polar surface area (TPSA) is 49.8 Å². The number of likely N-dealkylation sites (tertiary alicyclic amines) is 1.